The molecule has 1 aliphatic rings. The van der Waals surface area contributed by atoms with Crippen LogP contribution in [0.3, 0.4) is 0 Å². The van der Waals surface area contributed by atoms with Crippen molar-refractivity contribution >= 4 is 32.0 Å². The van der Waals surface area contributed by atoms with E-state index in [1.54, 1.807) is 18.3 Å². The first-order valence-electron chi connectivity index (χ1n) is 10.3. The van der Waals surface area contributed by atoms with E-state index in [1.165, 1.54) is 4.31 Å². The van der Waals surface area contributed by atoms with Crippen molar-refractivity contribution in [2.24, 2.45) is 0 Å². The van der Waals surface area contributed by atoms with Crippen molar-refractivity contribution < 1.29 is 13.2 Å². The van der Waals surface area contributed by atoms with E-state index >= 15 is 0 Å². The number of rotatable bonds is 4. The molecular weight excluding hydrogens is 412 g/mol. The van der Waals surface area contributed by atoms with E-state index in [2.05, 4.69) is 15.0 Å². The number of sulfonamides is 1. The topological polar surface area (TPSA) is 85.3 Å². The van der Waals surface area contributed by atoms with Crippen LogP contribution >= 0.6 is 0 Å². The Hall–Kier alpha value is -3.10. The summed E-state index contributed by atoms with van der Waals surface area (Å²) in [5, 5.41) is 0.819. The Morgan fingerprint density at radius 1 is 0.935 bits per heavy atom. The average molecular weight is 435 g/mol. The lowest BCUT2D eigenvalue weighted by molar-refractivity contribution is 0.130. The van der Waals surface area contributed by atoms with E-state index in [4.69, 9.17) is 4.74 Å². The van der Waals surface area contributed by atoms with Crippen molar-refractivity contribution in [2.75, 3.05) is 13.1 Å². The second-order valence-electron chi connectivity index (χ2n) is 7.70. The first kappa shape index (κ1) is 19.8. The van der Waals surface area contributed by atoms with Crippen molar-refractivity contribution in [3.8, 4) is 5.88 Å². The number of piperidine rings is 1. The lowest BCUT2D eigenvalue weighted by atomic mass is 10.1. The molecule has 1 fully saturated rings. The zero-order valence-electron chi connectivity index (χ0n) is 17.1. The molecule has 1 aliphatic heterocycles. The Bertz CT molecular complexity index is 1370. The molecule has 2 aromatic heterocycles. The molecule has 0 N–H and O–H groups in total. The van der Waals surface area contributed by atoms with Crippen LogP contribution < -0.4 is 4.74 Å². The molecular formula is C23H22N4O3S. The van der Waals surface area contributed by atoms with Crippen molar-refractivity contribution in [1.29, 1.82) is 0 Å². The van der Waals surface area contributed by atoms with Gasteiger partial charge in [0.05, 0.1) is 22.7 Å². The molecule has 2 aromatic carbocycles. The van der Waals surface area contributed by atoms with Crippen molar-refractivity contribution in [1.82, 2.24) is 19.3 Å². The van der Waals surface area contributed by atoms with E-state index in [0.29, 0.717) is 37.3 Å². The van der Waals surface area contributed by atoms with Gasteiger partial charge in [0.2, 0.25) is 15.9 Å². The Kier molecular flexibility index (Phi) is 5.03. The number of hydrogen-bond acceptors (Lipinski definition) is 6. The maximum absolute atomic E-state index is 13.3. The minimum absolute atomic E-state index is 0.102. The number of fused-ring (bicyclic) bond motifs is 2. The lowest BCUT2D eigenvalue weighted by Gasteiger charge is -2.31. The fourth-order valence-corrected chi connectivity index (χ4v) is 5.55. The van der Waals surface area contributed by atoms with Gasteiger partial charge in [-0.3, -0.25) is 4.98 Å². The minimum atomic E-state index is -3.64. The van der Waals surface area contributed by atoms with Crippen LogP contribution in [0.2, 0.25) is 0 Å². The largest absolute Gasteiger partial charge is 0.473 e. The molecule has 0 unspecified atom stereocenters. The molecule has 31 heavy (non-hydrogen) atoms. The number of hydrogen-bond donors (Lipinski definition) is 0. The summed E-state index contributed by atoms with van der Waals surface area (Å²) in [7, 11) is -3.64. The van der Waals surface area contributed by atoms with Crippen LogP contribution in [0, 0.1) is 6.92 Å². The summed E-state index contributed by atoms with van der Waals surface area (Å²) in [5.74, 6) is 0.466. The van der Waals surface area contributed by atoms with E-state index < -0.39 is 10.0 Å². The summed E-state index contributed by atoms with van der Waals surface area (Å²) in [6.07, 6.45) is 2.70. The third-order valence-corrected chi connectivity index (χ3v) is 7.49. The molecule has 0 spiro atoms. The number of aromatic nitrogens is 3. The summed E-state index contributed by atoms with van der Waals surface area (Å²) in [5.41, 5.74) is 2.90. The molecule has 4 aromatic rings. The fourth-order valence-electron chi connectivity index (χ4n) is 3.92. The van der Waals surface area contributed by atoms with Crippen LogP contribution in [-0.4, -0.2) is 46.9 Å². The van der Waals surface area contributed by atoms with E-state index in [0.717, 1.165) is 22.1 Å². The first-order valence-corrected chi connectivity index (χ1v) is 11.7. The first-order chi connectivity index (χ1) is 15.0. The number of nitrogens with zero attached hydrogens (tertiary/aromatic N) is 4. The number of pyridine rings is 1. The monoisotopic (exact) mass is 434 g/mol. The van der Waals surface area contributed by atoms with Crippen LogP contribution in [0.4, 0.5) is 0 Å². The number of aryl methyl sites for hydroxylation is 1. The third-order valence-electron chi connectivity index (χ3n) is 5.56. The van der Waals surface area contributed by atoms with Gasteiger partial charge in [0.1, 0.15) is 11.0 Å². The van der Waals surface area contributed by atoms with Crippen molar-refractivity contribution in [3.05, 3.63) is 66.5 Å². The van der Waals surface area contributed by atoms with Gasteiger partial charge in [0.25, 0.3) is 0 Å². The third kappa shape index (κ3) is 3.84. The zero-order valence-corrected chi connectivity index (χ0v) is 17.9. The van der Waals surface area contributed by atoms with Gasteiger partial charge >= 0.3 is 0 Å². The highest BCUT2D eigenvalue weighted by Gasteiger charge is 2.31. The molecule has 5 rings (SSSR count). The summed E-state index contributed by atoms with van der Waals surface area (Å²) < 4.78 is 34.2. The van der Waals surface area contributed by atoms with E-state index in [9.17, 15) is 8.42 Å². The van der Waals surface area contributed by atoms with Gasteiger partial charge < -0.3 is 4.74 Å². The maximum Gasteiger partial charge on any atom is 0.245 e. The molecule has 0 aliphatic carbocycles. The quantitative estimate of drug-likeness (QED) is 0.487. The van der Waals surface area contributed by atoms with Crippen LogP contribution in [0.15, 0.2) is 65.7 Å². The average Bonchev–Trinajstić information content (AvgIpc) is 2.79. The van der Waals surface area contributed by atoms with Crippen LogP contribution in [0.1, 0.15) is 18.5 Å². The molecule has 1 saturated heterocycles. The smallest absolute Gasteiger partial charge is 0.245 e. The van der Waals surface area contributed by atoms with Crippen molar-refractivity contribution in [3.63, 3.8) is 0 Å². The normalized spacial score (nSPS) is 16.0. The zero-order chi connectivity index (χ0) is 21.4. The summed E-state index contributed by atoms with van der Waals surface area (Å²) in [6.45, 7) is 2.63. The van der Waals surface area contributed by atoms with E-state index in [-0.39, 0.29) is 11.0 Å². The van der Waals surface area contributed by atoms with Gasteiger partial charge in [-0.25, -0.2) is 18.4 Å². The van der Waals surface area contributed by atoms with Gasteiger partial charge in [-0.05, 0) is 44.0 Å². The molecule has 0 bridgehead atoms. The predicted molar refractivity (Wildman–Crippen MR) is 118 cm³/mol. The standard InChI is InChI=1S/C23H22N4O3S/c1-16-9-10-17-5-4-8-21(23(17)25-16)31(28,29)27-13-11-18(12-14-27)30-22-15-24-19-6-2-3-7-20(19)26-22/h2-10,15,18H,11-14H2,1H3. The highest BCUT2D eigenvalue weighted by atomic mass is 32.2. The number of benzene rings is 2. The van der Waals surface area contributed by atoms with Crippen molar-refractivity contribution in [2.45, 2.75) is 30.8 Å². The van der Waals surface area contributed by atoms with Crippen LogP contribution in [0.5, 0.6) is 5.88 Å². The highest BCUT2D eigenvalue weighted by Crippen LogP contribution is 2.28. The molecule has 0 saturated carbocycles. The summed E-state index contributed by atoms with van der Waals surface area (Å²) >= 11 is 0. The molecule has 3 heterocycles. The molecule has 0 radical (unpaired) electrons. The molecule has 8 heteroatoms. The van der Waals surface area contributed by atoms with Gasteiger partial charge in [-0.2, -0.15) is 4.31 Å². The maximum atomic E-state index is 13.3. The molecule has 0 amide bonds. The number of ether oxygens (including phenoxy) is 1. The highest BCUT2D eigenvalue weighted by molar-refractivity contribution is 7.89. The Labute approximate surface area is 180 Å². The predicted octanol–water partition coefficient (Wildman–Crippen LogP) is 3.72. The SMILES string of the molecule is Cc1ccc2cccc(S(=O)(=O)N3CCC(Oc4cnc5ccccc5n4)CC3)c2n1. The second kappa shape index (κ2) is 7.86. The molecule has 0 atom stereocenters. The summed E-state index contributed by atoms with van der Waals surface area (Å²) in [6, 6.07) is 16.7. The minimum Gasteiger partial charge on any atom is -0.473 e. The van der Waals surface area contributed by atoms with Gasteiger partial charge in [0.15, 0.2) is 0 Å². The van der Waals surface area contributed by atoms with Crippen LogP contribution in [-0.2, 0) is 10.0 Å². The van der Waals surface area contributed by atoms with Gasteiger partial charge in [-0.15, -0.1) is 0 Å². The Morgan fingerprint density at radius 2 is 1.71 bits per heavy atom. The lowest BCUT2D eigenvalue weighted by Crippen LogP contribution is -2.41. The second-order valence-corrected chi connectivity index (χ2v) is 9.61. The Morgan fingerprint density at radius 3 is 2.52 bits per heavy atom. The fraction of sp³-hybridized carbons (Fsp3) is 0.261. The van der Waals surface area contributed by atoms with Crippen LogP contribution in [0.25, 0.3) is 21.9 Å². The Balaban J connectivity index is 1.32. The van der Waals surface area contributed by atoms with E-state index in [1.807, 2.05) is 49.4 Å². The van der Waals surface area contributed by atoms with Gasteiger partial charge in [0, 0.05) is 24.2 Å². The molecule has 7 nitrogen and oxygen atoms in total. The number of para-hydroxylation sites is 3. The molecule has 158 valence electrons. The summed E-state index contributed by atoms with van der Waals surface area (Å²) in [4.78, 5) is 13.6. The van der Waals surface area contributed by atoms with Gasteiger partial charge in [-0.1, -0.05) is 30.3 Å².